The summed E-state index contributed by atoms with van der Waals surface area (Å²) in [6, 6.07) is 13.8. The van der Waals surface area contributed by atoms with Gasteiger partial charge >= 0.3 is 0 Å². The molecule has 0 bridgehead atoms. The lowest BCUT2D eigenvalue weighted by Gasteiger charge is -2.39. The van der Waals surface area contributed by atoms with E-state index in [0.717, 1.165) is 49.2 Å². The van der Waals surface area contributed by atoms with Gasteiger partial charge in [-0.25, -0.2) is 0 Å². The van der Waals surface area contributed by atoms with Crippen molar-refractivity contribution in [2.24, 2.45) is 0 Å². The van der Waals surface area contributed by atoms with Gasteiger partial charge in [0.1, 0.15) is 6.04 Å². The number of rotatable bonds is 4. The number of nitrogens with zero attached hydrogens (tertiary/aromatic N) is 2. The van der Waals surface area contributed by atoms with E-state index in [1.807, 2.05) is 42.2 Å². The van der Waals surface area contributed by atoms with E-state index in [2.05, 4.69) is 29.3 Å². The van der Waals surface area contributed by atoms with Crippen molar-refractivity contribution in [2.75, 3.05) is 31.5 Å². The van der Waals surface area contributed by atoms with Gasteiger partial charge in [-0.15, -0.1) is 0 Å². The van der Waals surface area contributed by atoms with E-state index in [4.69, 9.17) is 0 Å². The van der Waals surface area contributed by atoms with Crippen LogP contribution in [0.3, 0.4) is 0 Å². The molecule has 4 rings (SSSR count). The Bertz CT molecular complexity index is 934. The summed E-state index contributed by atoms with van der Waals surface area (Å²) >= 11 is 0. The van der Waals surface area contributed by atoms with Gasteiger partial charge in [-0.05, 0) is 73.9 Å². The predicted molar refractivity (Wildman–Crippen MR) is 119 cm³/mol. The Labute approximate surface area is 179 Å². The molecular weight excluding hydrogens is 374 g/mol. The van der Waals surface area contributed by atoms with Crippen LogP contribution in [0.25, 0.3) is 0 Å². The van der Waals surface area contributed by atoms with Gasteiger partial charge in [0.15, 0.2) is 0 Å². The lowest BCUT2D eigenvalue weighted by Crippen LogP contribution is -2.49. The quantitative estimate of drug-likeness (QED) is 0.841. The van der Waals surface area contributed by atoms with Crippen LogP contribution >= 0.6 is 0 Å². The number of amides is 2. The van der Waals surface area contributed by atoms with E-state index in [1.54, 1.807) is 0 Å². The Balaban J connectivity index is 1.53. The van der Waals surface area contributed by atoms with Gasteiger partial charge in [-0.3, -0.25) is 14.5 Å². The third kappa shape index (κ3) is 4.41. The third-order valence-corrected chi connectivity index (χ3v) is 6.42. The van der Waals surface area contributed by atoms with Crippen LogP contribution in [0.1, 0.15) is 47.6 Å². The van der Waals surface area contributed by atoms with Crippen molar-refractivity contribution >= 4 is 17.5 Å². The molecule has 0 saturated carbocycles. The predicted octanol–water partition coefficient (Wildman–Crippen LogP) is 3.85. The summed E-state index contributed by atoms with van der Waals surface area (Å²) in [4.78, 5) is 30.4. The molecule has 1 atom stereocenters. The first-order valence-electron chi connectivity index (χ1n) is 11.0. The highest BCUT2D eigenvalue weighted by Gasteiger charge is 2.36. The maximum atomic E-state index is 13.5. The highest BCUT2D eigenvalue weighted by atomic mass is 16.2. The molecule has 0 radical (unpaired) electrons. The number of hydrogen-bond donors (Lipinski definition) is 1. The number of benzene rings is 2. The molecule has 1 saturated heterocycles. The van der Waals surface area contributed by atoms with Gasteiger partial charge in [0, 0.05) is 25.3 Å². The summed E-state index contributed by atoms with van der Waals surface area (Å²) in [6.45, 7) is 6.66. The first kappa shape index (κ1) is 20.6. The van der Waals surface area contributed by atoms with Crippen molar-refractivity contribution in [1.29, 1.82) is 0 Å². The fraction of sp³-hybridized carbons (Fsp3) is 0.440. The molecule has 1 N–H and O–H groups in total. The Kier molecular flexibility index (Phi) is 6.18. The minimum Gasteiger partial charge on any atom is -0.341 e. The first-order chi connectivity index (χ1) is 14.5. The van der Waals surface area contributed by atoms with Crippen molar-refractivity contribution < 1.29 is 9.59 Å². The van der Waals surface area contributed by atoms with Crippen molar-refractivity contribution in [3.05, 3.63) is 64.7 Å². The molecule has 2 aliphatic rings. The molecule has 0 aromatic heterocycles. The summed E-state index contributed by atoms with van der Waals surface area (Å²) in [5.74, 6) is 0.0647. The average Bonchev–Trinajstić information content (AvgIpc) is 2.76. The summed E-state index contributed by atoms with van der Waals surface area (Å²) < 4.78 is 0. The molecule has 5 nitrogen and oxygen atoms in total. The molecular formula is C25H31N3O2. The first-order valence-corrected chi connectivity index (χ1v) is 11.0. The highest BCUT2D eigenvalue weighted by molar-refractivity contribution is 5.93. The standard InChI is InChI=1S/C25H31N3O2/c1-18-10-11-21(16-19(18)2)26-23(29)17-28-15-12-20-8-4-5-9-22(20)24(28)25(30)27-13-6-3-7-14-27/h4-5,8-11,16,24H,3,6-7,12-15,17H2,1-2H3,(H,26,29)/t24-/m0/s1. The molecule has 30 heavy (non-hydrogen) atoms. The SMILES string of the molecule is Cc1ccc(NC(=O)CN2CCc3ccccc3[C@H]2C(=O)N2CCCCC2)cc1C. The Morgan fingerprint density at radius 2 is 1.73 bits per heavy atom. The van der Waals surface area contributed by atoms with Crippen molar-refractivity contribution in [3.63, 3.8) is 0 Å². The van der Waals surface area contributed by atoms with Gasteiger partial charge in [-0.1, -0.05) is 30.3 Å². The molecule has 0 spiro atoms. The Morgan fingerprint density at radius 3 is 2.50 bits per heavy atom. The molecule has 1 fully saturated rings. The lowest BCUT2D eigenvalue weighted by atomic mass is 9.91. The number of piperidine rings is 1. The molecule has 2 aliphatic heterocycles. The molecule has 0 aliphatic carbocycles. The second kappa shape index (κ2) is 9.00. The monoisotopic (exact) mass is 405 g/mol. The van der Waals surface area contributed by atoms with Gasteiger partial charge < -0.3 is 10.2 Å². The van der Waals surface area contributed by atoms with Crippen LogP contribution in [0, 0.1) is 13.8 Å². The topological polar surface area (TPSA) is 52.7 Å². The number of fused-ring (bicyclic) bond motifs is 1. The minimum absolute atomic E-state index is 0.0749. The number of carbonyl (C=O) groups excluding carboxylic acids is 2. The van der Waals surface area contributed by atoms with Crippen LogP contribution in [0.15, 0.2) is 42.5 Å². The van der Waals surface area contributed by atoms with Crippen LogP contribution in [0.5, 0.6) is 0 Å². The van der Waals surface area contributed by atoms with Gasteiger partial charge in [0.2, 0.25) is 11.8 Å². The van der Waals surface area contributed by atoms with Gasteiger partial charge in [0.05, 0.1) is 6.54 Å². The second-order valence-corrected chi connectivity index (χ2v) is 8.55. The number of carbonyl (C=O) groups is 2. The smallest absolute Gasteiger partial charge is 0.244 e. The third-order valence-electron chi connectivity index (χ3n) is 6.42. The molecule has 2 aromatic rings. The van der Waals surface area contributed by atoms with Crippen molar-refractivity contribution in [2.45, 2.75) is 45.6 Å². The van der Waals surface area contributed by atoms with E-state index in [-0.39, 0.29) is 24.4 Å². The number of nitrogens with one attached hydrogen (secondary N) is 1. The Hall–Kier alpha value is -2.66. The molecule has 0 unspecified atom stereocenters. The largest absolute Gasteiger partial charge is 0.341 e. The molecule has 158 valence electrons. The van der Waals surface area contributed by atoms with Crippen LogP contribution in [0.2, 0.25) is 0 Å². The second-order valence-electron chi connectivity index (χ2n) is 8.55. The molecule has 2 heterocycles. The van der Waals surface area contributed by atoms with Gasteiger partial charge in [-0.2, -0.15) is 0 Å². The van der Waals surface area contributed by atoms with Gasteiger partial charge in [0.25, 0.3) is 0 Å². The fourth-order valence-electron chi connectivity index (χ4n) is 4.57. The summed E-state index contributed by atoms with van der Waals surface area (Å²) in [5, 5.41) is 3.01. The zero-order chi connectivity index (χ0) is 21.1. The Morgan fingerprint density at radius 1 is 0.967 bits per heavy atom. The molecule has 5 heteroatoms. The number of aryl methyl sites for hydroxylation is 2. The zero-order valence-corrected chi connectivity index (χ0v) is 18.0. The summed E-state index contributed by atoms with van der Waals surface area (Å²) in [7, 11) is 0. The zero-order valence-electron chi connectivity index (χ0n) is 18.0. The van der Waals surface area contributed by atoms with E-state index in [9.17, 15) is 9.59 Å². The van der Waals surface area contributed by atoms with Crippen molar-refractivity contribution in [1.82, 2.24) is 9.80 Å². The van der Waals surface area contributed by atoms with E-state index in [1.165, 1.54) is 17.5 Å². The number of likely N-dealkylation sites (tertiary alicyclic amines) is 1. The van der Waals surface area contributed by atoms with Crippen LogP contribution in [-0.2, 0) is 16.0 Å². The maximum Gasteiger partial charge on any atom is 0.244 e. The van der Waals surface area contributed by atoms with Crippen LogP contribution < -0.4 is 5.32 Å². The van der Waals surface area contributed by atoms with Crippen LogP contribution in [-0.4, -0.2) is 47.8 Å². The van der Waals surface area contributed by atoms with Crippen LogP contribution in [0.4, 0.5) is 5.69 Å². The lowest BCUT2D eigenvalue weighted by molar-refractivity contribution is -0.139. The van der Waals surface area contributed by atoms with E-state index < -0.39 is 0 Å². The maximum absolute atomic E-state index is 13.5. The molecule has 2 aromatic carbocycles. The van der Waals surface area contributed by atoms with Crippen molar-refractivity contribution in [3.8, 4) is 0 Å². The van der Waals surface area contributed by atoms with E-state index >= 15 is 0 Å². The number of anilines is 1. The fourth-order valence-corrected chi connectivity index (χ4v) is 4.57. The highest BCUT2D eigenvalue weighted by Crippen LogP contribution is 2.32. The number of hydrogen-bond acceptors (Lipinski definition) is 3. The average molecular weight is 406 g/mol. The summed E-state index contributed by atoms with van der Waals surface area (Å²) in [6.07, 6.45) is 4.17. The normalized spacial score (nSPS) is 19.3. The van der Waals surface area contributed by atoms with E-state index in [0.29, 0.717) is 6.54 Å². The minimum atomic E-state index is -0.376. The molecule has 2 amide bonds. The summed E-state index contributed by atoms with van der Waals surface area (Å²) in [5.41, 5.74) is 5.43.